The van der Waals surface area contributed by atoms with Crippen molar-refractivity contribution in [2.75, 3.05) is 6.61 Å². The number of aliphatic hydroxyl groups is 1. The zero-order valence-electron chi connectivity index (χ0n) is 10.2. The Bertz CT molecular complexity index is 542. The Kier molecular flexibility index (Phi) is 4.62. The fourth-order valence-electron chi connectivity index (χ4n) is 1.77. The van der Waals surface area contributed by atoms with Crippen LogP contribution in [0.5, 0.6) is 0 Å². The second-order valence-electron chi connectivity index (χ2n) is 4.08. The van der Waals surface area contributed by atoms with Crippen molar-refractivity contribution in [2.45, 2.75) is 12.6 Å². The molecule has 0 saturated carbocycles. The maximum absolute atomic E-state index is 10.6. The average molecular weight is 278 g/mol. The first kappa shape index (κ1) is 13.7. The van der Waals surface area contributed by atoms with Crippen LogP contribution >= 0.6 is 11.3 Å². The van der Waals surface area contributed by atoms with Crippen LogP contribution in [0.3, 0.4) is 0 Å². The highest BCUT2D eigenvalue weighted by Crippen LogP contribution is 2.23. The van der Waals surface area contributed by atoms with E-state index in [0.29, 0.717) is 6.54 Å². The molecule has 1 atom stereocenters. The largest absolute Gasteiger partial charge is 0.394 e. The molecule has 2 rings (SSSR count). The van der Waals surface area contributed by atoms with Crippen molar-refractivity contribution >= 4 is 16.3 Å². The van der Waals surface area contributed by atoms with Crippen LogP contribution in [0.2, 0.25) is 0 Å². The van der Waals surface area contributed by atoms with Crippen molar-refractivity contribution in [3.8, 4) is 0 Å². The number of rotatable bonds is 6. The van der Waals surface area contributed by atoms with Crippen LogP contribution in [0.1, 0.15) is 17.2 Å². The molecule has 0 amide bonds. The van der Waals surface area contributed by atoms with Crippen LogP contribution in [-0.2, 0) is 6.54 Å². The van der Waals surface area contributed by atoms with Crippen molar-refractivity contribution < 1.29 is 10.0 Å². The van der Waals surface area contributed by atoms with Gasteiger partial charge in [0, 0.05) is 18.0 Å². The first-order valence-electron chi connectivity index (χ1n) is 5.81. The van der Waals surface area contributed by atoms with Gasteiger partial charge < -0.3 is 10.4 Å². The van der Waals surface area contributed by atoms with E-state index in [1.54, 1.807) is 11.4 Å². The third kappa shape index (κ3) is 3.60. The van der Waals surface area contributed by atoms with E-state index < -0.39 is 4.92 Å². The maximum Gasteiger partial charge on any atom is 0.324 e. The summed E-state index contributed by atoms with van der Waals surface area (Å²) in [7, 11) is 0. The van der Waals surface area contributed by atoms with Gasteiger partial charge in [0.1, 0.15) is 0 Å². The number of thiophene rings is 1. The summed E-state index contributed by atoms with van der Waals surface area (Å²) in [4.78, 5) is 10.2. The number of nitrogens with one attached hydrogen (secondary N) is 1. The van der Waals surface area contributed by atoms with Crippen molar-refractivity contribution in [1.82, 2.24) is 5.32 Å². The number of aliphatic hydroxyl groups excluding tert-OH is 1. The lowest BCUT2D eigenvalue weighted by Crippen LogP contribution is -2.23. The zero-order valence-corrected chi connectivity index (χ0v) is 11.0. The predicted octanol–water partition coefficient (Wildman–Crippen LogP) is 2.48. The van der Waals surface area contributed by atoms with Gasteiger partial charge in [0.15, 0.2) is 0 Å². The normalized spacial score (nSPS) is 12.3. The van der Waals surface area contributed by atoms with Crippen molar-refractivity contribution in [1.29, 1.82) is 0 Å². The summed E-state index contributed by atoms with van der Waals surface area (Å²) in [6.45, 7) is 0.473. The van der Waals surface area contributed by atoms with E-state index in [4.69, 9.17) is 0 Å². The van der Waals surface area contributed by atoms with Gasteiger partial charge in [-0.25, -0.2) is 0 Å². The molecule has 0 fully saturated rings. The molecule has 0 bridgehead atoms. The van der Waals surface area contributed by atoms with Crippen LogP contribution in [0.4, 0.5) is 5.00 Å². The number of nitrogens with zero attached hydrogens (tertiary/aromatic N) is 1. The lowest BCUT2D eigenvalue weighted by Gasteiger charge is -2.16. The highest BCUT2D eigenvalue weighted by atomic mass is 32.1. The topological polar surface area (TPSA) is 75.4 Å². The van der Waals surface area contributed by atoms with E-state index in [0.717, 1.165) is 22.5 Å². The standard InChI is InChI=1S/C13H14N2O3S/c16-8-12(11-4-2-1-3-5-11)14-7-10-6-13(15(17)18)19-9-10/h1-6,9,12,14,16H,7-8H2/t12-/m0/s1. The molecule has 0 spiro atoms. The third-order valence-corrected chi connectivity index (χ3v) is 3.69. The SMILES string of the molecule is O=[N+]([O-])c1cc(CN[C@@H](CO)c2ccccc2)cs1. The number of benzene rings is 1. The fraction of sp³-hybridized carbons (Fsp3) is 0.231. The van der Waals surface area contributed by atoms with Crippen LogP contribution in [0, 0.1) is 10.1 Å². The summed E-state index contributed by atoms with van der Waals surface area (Å²) in [5.41, 5.74) is 1.85. The summed E-state index contributed by atoms with van der Waals surface area (Å²) in [5, 5.41) is 25.0. The summed E-state index contributed by atoms with van der Waals surface area (Å²) < 4.78 is 0. The smallest absolute Gasteiger partial charge is 0.324 e. The Hall–Kier alpha value is -1.76. The van der Waals surface area contributed by atoms with Gasteiger partial charge in [-0.2, -0.15) is 0 Å². The van der Waals surface area contributed by atoms with Crippen molar-refractivity contribution in [2.24, 2.45) is 0 Å². The second kappa shape index (κ2) is 6.42. The Labute approximate surface area is 114 Å². The Balaban J connectivity index is 1.98. The van der Waals surface area contributed by atoms with Crippen LogP contribution in [-0.4, -0.2) is 16.6 Å². The molecule has 0 unspecified atom stereocenters. The Morgan fingerprint density at radius 1 is 1.37 bits per heavy atom. The van der Waals surface area contributed by atoms with Gasteiger partial charge in [-0.3, -0.25) is 10.1 Å². The van der Waals surface area contributed by atoms with E-state index in [1.165, 1.54) is 0 Å². The summed E-state index contributed by atoms with van der Waals surface area (Å²) >= 11 is 1.11. The van der Waals surface area contributed by atoms with Gasteiger partial charge in [-0.05, 0) is 11.1 Å². The van der Waals surface area contributed by atoms with Gasteiger partial charge in [-0.1, -0.05) is 41.7 Å². The van der Waals surface area contributed by atoms with Gasteiger partial charge in [-0.15, -0.1) is 0 Å². The van der Waals surface area contributed by atoms with Gasteiger partial charge in [0.2, 0.25) is 0 Å². The van der Waals surface area contributed by atoms with Gasteiger partial charge in [0.05, 0.1) is 17.6 Å². The van der Waals surface area contributed by atoms with Crippen LogP contribution < -0.4 is 5.32 Å². The van der Waals surface area contributed by atoms with Crippen LogP contribution in [0.25, 0.3) is 0 Å². The van der Waals surface area contributed by atoms with Gasteiger partial charge in [0.25, 0.3) is 0 Å². The van der Waals surface area contributed by atoms with Crippen molar-refractivity contribution in [3.63, 3.8) is 0 Å². The van der Waals surface area contributed by atoms with E-state index in [2.05, 4.69) is 5.32 Å². The first-order valence-corrected chi connectivity index (χ1v) is 6.69. The molecule has 5 nitrogen and oxygen atoms in total. The predicted molar refractivity (Wildman–Crippen MR) is 74.1 cm³/mol. The maximum atomic E-state index is 10.6. The van der Waals surface area contributed by atoms with Crippen LogP contribution in [0.15, 0.2) is 41.8 Å². The van der Waals surface area contributed by atoms with Gasteiger partial charge >= 0.3 is 5.00 Å². The Morgan fingerprint density at radius 2 is 2.11 bits per heavy atom. The molecule has 0 aliphatic heterocycles. The minimum absolute atomic E-state index is 0.0176. The molecule has 1 heterocycles. The number of hydrogen-bond acceptors (Lipinski definition) is 5. The molecular formula is C13H14N2O3S. The molecule has 0 aliphatic rings. The average Bonchev–Trinajstić information content (AvgIpc) is 2.90. The monoisotopic (exact) mass is 278 g/mol. The highest BCUT2D eigenvalue weighted by molar-refractivity contribution is 7.13. The minimum Gasteiger partial charge on any atom is -0.394 e. The molecule has 19 heavy (non-hydrogen) atoms. The molecular weight excluding hydrogens is 264 g/mol. The number of nitro groups is 1. The number of hydrogen-bond donors (Lipinski definition) is 2. The minimum atomic E-state index is -0.394. The lowest BCUT2D eigenvalue weighted by molar-refractivity contribution is -0.380. The molecule has 1 aromatic carbocycles. The Morgan fingerprint density at radius 3 is 2.68 bits per heavy atom. The zero-order chi connectivity index (χ0) is 13.7. The molecule has 2 aromatic rings. The molecule has 0 radical (unpaired) electrons. The molecule has 1 aromatic heterocycles. The van der Waals surface area contributed by atoms with E-state index in [9.17, 15) is 15.2 Å². The first-order chi connectivity index (χ1) is 9.20. The highest BCUT2D eigenvalue weighted by Gasteiger charge is 2.12. The molecule has 6 heteroatoms. The van der Waals surface area contributed by atoms with E-state index in [1.807, 2.05) is 30.3 Å². The summed E-state index contributed by atoms with van der Waals surface area (Å²) in [5.74, 6) is 0. The lowest BCUT2D eigenvalue weighted by atomic mass is 10.1. The van der Waals surface area contributed by atoms with E-state index >= 15 is 0 Å². The third-order valence-electron chi connectivity index (χ3n) is 2.76. The summed E-state index contributed by atoms with van der Waals surface area (Å²) in [6.07, 6.45) is 0. The van der Waals surface area contributed by atoms with E-state index in [-0.39, 0.29) is 17.6 Å². The fourth-order valence-corrected chi connectivity index (χ4v) is 2.49. The molecule has 2 N–H and O–H groups in total. The quantitative estimate of drug-likeness (QED) is 0.628. The summed E-state index contributed by atoms with van der Waals surface area (Å²) in [6, 6.07) is 11.0. The molecule has 0 aliphatic carbocycles. The van der Waals surface area contributed by atoms with Crippen molar-refractivity contribution in [3.05, 3.63) is 63.0 Å². The molecule has 0 saturated heterocycles. The molecule has 100 valence electrons. The second-order valence-corrected chi connectivity index (χ2v) is 4.97.